The maximum absolute atomic E-state index is 13.3. The van der Waals surface area contributed by atoms with Crippen LogP contribution in [0.3, 0.4) is 0 Å². The van der Waals surface area contributed by atoms with E-state index in [2.05, 4.69) is 0 Å². The number of Topliss-reactive ketones (excluding diaryl/α,β-unsaturated/α-hetero) is 1. The summed E-state index contributed by atoms with van der Waals surface area (Å²) >= 11 is 0. The predicted octanol–water partition coefficient (Wildman–Crippen LogP) is 3.96. The van der Waals surface area contributed by atoms with E-state index < -0.39 is 17.7 Å². The molecular weight excluding hydrogens is 466 g/mol. The van der Waals surface area contributed by atoms with Crippen molar-refractivity contribution in [1.82, 2.24) is 4.90 Å². The van der Waals surface area contributed by atoms with Crippen LogP contribution in [-0.2, 0) is 14.3 Å². The summed E-state index contributed by atoms with van der Waals surface area (Å²) in [7, 11) is 4.45. The number of nitrogens with zero attached hydrogens (tertiary/aromatic N) is 1. The number of carbonyl (C=O) groups excluding carboxylic acids is 2. The normalized spacial score (nSPS) is 17.0. The summed E-state index contributed by atoms with van der Waals surface area (Å²) in [6.45, 7) is 6.50. The fraction of sp³-hybridized carbons (Fsp3) is 0.407. The van der Waals surface area contributed by atoms with E-state index >= 15 is 0 Å². The summed E-state index contributed by atoms with van der Waals surface area (Å²) in [4.78, 5) is 27.8. The molecule has 1 aliphatic heterocycles. The molecule has 1 atom stereocenters. The molecule has 36 heavy (non-hydrogen) atoms. The molecule has 9 heteroatoms. The molecule has 0 aliphatic carbocycles. The third-order valence-corrected chi connectivity index (χ3v) is 5.76. The number of ether oxygens (including phenoxy) is 5. The zero-order valence-corrected chi connectivity index (χ0v) is 21.5. The highest BCUT2D eigenvalue weighted by molar-refractivity contribution is 6.46. The van der Waals surface area contributed by atoms with E-state index in [0.717, 1.165) is 0 Å². The van der Waals surface area contributed by atoms with Gasteiger partial charge in [-0.05, 0) is 62.7 Å². The number of aliphatic hydroxyl groups excluding tert-OH is 1. The molecule has 1 unspecified atom stereocenters. The third kappa shape index (κ3) is 5.41. The Bertz CT molecular complexity index is 1100. The van der Waals surface area contributed by atoms with Crippen molar-refractivity contribution in [3.05, 3.63) is 53.1 Å². The molecule has 1 fully saturated rings. The molecule has 0 radical (unpaired) electrons. The zero-order chi connectivity index (χ0) is 26.4. The van der Waals surface area contributed by atoms with Gasteiger partial charge in [0, 0.05) is 12.1 Å². The van der Waals surface area contributed by atoms with E-state index in [1.165, 1.54) is 26.2 Å². The van der Waals surface area contributed by atoms with Crippen molar-refractivity contribution >= 4 is 17.4 Å². The molecule has 1 amide bonds. The number of likely N-dealkylation sites (tertiary alicyclic amines) is 1. The molecule has 0 spiro atoms. The molecule has 9 nitrogen and oxygen atoms in total. The summed E-state index contributed by atoms with van der Waals surface area (Å²) in [5.74, 6) is -0.0913. The van der Waals surface area contributed by atoms with Crippen LogP contribution in [0.5, 0.6) is 23.0 Å². The van der Waals surface area contributed by atoms with Crippen LogP contribution in [0.1, 0.15) is 37.9 Å². The molecule has 1 heterocycles. The largest absolute Gasteiger partial charge is 0.507 e. The van der Waals surface area contributed by atoms with Gasteiger partial charge in [0.1, 0.15) is 11.5 Å². The number of amides is 1. The Kier molecular flexibility index (Phi) is 8.82. The number of hydrogen-bond donors (Lipinski definition) is 1. The van der Waals surface area contributed by atoms with Gasteiger partial charge in [-0.2, -0.15) is 0 Å². The van der Waals surface area contributed by atoms with Crippen molar-refractivity contribution in [2.75, 3.05) is 41.1 Å². The summed E-state index contributed by atoms with van der Waals surface area (Å²) in [6.07, 6.45) is -0.0506. The maximum Gasteiger partial charge on any atom is 0.295 e. The number of methoxy groups -OCH3 is 3. The van der Waals surface area contributed by atoms with Crippen molar-refractivity contribution < 1.29 is 38.4 Å². The van der Waals surface area contributed by atoms with Crippen molar-refractivity contribution in [2.24, 2.45) is 0 Å². The van der Waals surface area contributed by atoms with E-state index in [-0.39, 0.29) is 30.6 Å². The lowest BCUT2D eigenvalue weighted by Crippen LogP contribution is -2.33. The van der Waals surface area contributed by atoms with Gasteiger partial charge in [0.15, 0.2) is 11.5 Å². The highest BCUT2D eigenvalue weighted by Gasteiger charge is 2.46. The number of aliphatic hydroxyl groups is 1. The van der Waals surface area contributed by atoms with E-state index in [4.69, 9.17) is 23.7 Å². The molecule has 1 aliphatic rings. The van der Waals surface area contributed by atoms with Crippen LogP contribution in [0.4, 0.5) is 0 Å². The van der Waals surface area contributed by atoms with Crippen LogP contribution in [0.15, 0.2) is 42.0 Å². The van der Waals surface area contributed by atoms with E-state index in [1.807, 2.05) is 20.8 Å². The molecule has 194 valence electrons. The van der Waals surface area contributed by atoms with Gasteiger partial charge in [-0.15, -0.1) is 0 Å². The van der Waals surface area contributed by atoms with Crippen LogP contribution in [-0.4, -0.2) is 68.9 Å². The monoisotopic (exact) mass is 499 g/mol. The Morgan fingerprint density at radius 1 is 1.00 bits per heavy atom. The van der Waals surface area contributed by atoms with Crippen molar-refractivity contribution in [3.63, 3.8) is 0 Å². The second-order valence-electron chi connectivity index (χ2n) is 8.33. The van der Waals surface area contributed by atoms with Crippen molar-refractivity contribution in [3.8, 4) is 23.0 Å². The summed E-state index contributed by atoms with van der Waals surface area (Å²) < 4.78 is 27.5. The van der Waals surface area contributed by atoms with E-state index in [9.17, 15) is 14.7 Å². The molecule has 2 aromatic carbocycles. The first-order valence-electron chi connectivity index (χ1n) is 11.7. The Labute approximate surface area is 211 Å². The molecule has 1 saturated heterocycles. The first-order valence-corrected chi connectivity index (χ1v) is 11.7. The van der Waals surface area contributed by atoms with Gasteiger partial charge < -0.3 is 33.7 Å². The van der Waals surface area contributed by atoms with Crippen LogP contribution in [0.2, 0.25) is 0 Å². The lowest BCUT2D eigenvalue weighted by Gasteiger charge is -2.26. The SMILES string of the molecule is CCOc1ccc(/C(O)=C2\C(=O)C(=O)N(CCOC(C)C)C2c2cc(OC)c(OC)c(OC)c2)cc1. The van der Waals surface area contributed by atoms with E-state index in [1.54, 1.807) is 36.4 Å². The summed E-state index contributed by atoms with van der Waals surface area (Å²) in [5.41, 5.74) is 0.857. The van der Waals surface area contributed by atoms with Gasteiger partial charge in [-0.25, -0.2) is 0 Å². The number of carbonyl (C=O) groups is 2. The van der Waals surface area contributed by atoms with Gasteiger partial charge in [0.2, 0.25) is 5.75 Å². The first-order chi connectivity index (χ1) is 17.3. The fourth-order valence-corrected chi connectivity index (χ4v) is 4.13. The highest BCUT2D eigenvalue weighted by atomic mass is 16.5. The molecule has 1 N–H and O–H groups in total. The average molecular weight is 500 g/mol. The number of ketones is 1. The van der Waals surface area contributed by atoms with Gasteiger partial charge in [0.05, 0.1) is 52.3 Å². The summed E-state index contributed by atoms with van der Waals surface area (Å²) in [5, 5.41) is 11.3. The van der Waals surface area contributed by atoms with Crippen molar-refractivity contribution in [2.45, 2.75) is 32.9 Å². The molecule has 3 rings (SSSR count). The van der Waals surface area contributed by atoms with Gasteiger partial charge >= 0.3 is 0 Å². The van der Waals surface area contributed by atoms with Crippen LogP contribution in [0, 0.1) is 0 Å². The second-order valence-corrected chi connectivity index (χ2v) is 8.33. The third-order valence-electron chi connectivity index (χ3n) is 5.76. The number of rotatable bonds is 11. The Morgan fingerprint density at radius 3 is 2.11 bits per heavy atom. The minimum atomic E-state index is -0.902. The lowest BCUT2D eigenvalue weighted by atomic mass is 9.94. The molecule has 0 bridgehead atoms. The number of benzene rings is 2. The first kappa shape index (κ1) is 26.9. The van der Waals surface area contributed by atoms with Crippen LogP contribution < -0.4 is 18.9 Å². The van der Waals surface area contributed by atoms with Gasteiger partial charge in [0.25, 0.3) is 11.7 Å². The Morgan fingerprint density at radius 2 is 1.61 bits per heavy atom. The molecule has 2 aromatic rings. The lowest BCUT2D eigenvalue weighted by molar-refractivity contribution is -0.140. The van der Waals surface area contributed by atoms with Crippen LogP contribution >= 0.6 is 0 Å². The summed E-state index contributed by atoms with van der Waals surface area (Å²) in [6, 6.07) is 9.10. The Balaban J connectivity index is 2.18. The Hall–Kier alpha value is -3.72. The average Bonchev–Trinajstić information content (AvgIpc) is 3.12. The van der Waals surface area contributed by atoms with Gasteiger partial charge in [-0.1, -0.05) is 0 Å². The van der Waals surface area contributed by atoms with Crippen molar-refractivity contribution in [1.29, 1.82) is 0 Å². The zero-order valence-electron chi connectivity index (χ0n) is 21.5. The standard InChI is InChI=1S/C27H33NO8/c1-7-35-19-10-8-17(9-11-19)24(29)22-23(28(27(31)25(22)30)12-13-36-16(2)3)18-14-20(32-4)26(34-6)21(15-18)33-5/h8-11,14-16,23,29H,7,12-13H2,1-6H3/b24-22+. The minimum absolute atomic E-state index is 0.0389. The second kappa shape index (κ2) is 11.8. The number of hydrogen-bond acceptors (Lipinski definition) is 8. The van der Waals surface area contributed by atoms with Gasteiger partial charge in [-0.3, -0.25) is 9.59 Å². The molecular formula is C27H33NO8. The topological polar surface area (TPSA) is 104 Å². The predicted molar refractivity (Wildman–Crippen MR) is 134 cm³/mol. The van der Waals surface area contributed by atoms with Crippen LogP contribution in [0.25, 0.3) is 5.76 Å². The minimum Gasteiger partial charge on any atom is -0.507 e. The quantitative estimate of drug-likeness (QED) is 0.282. The maximum atomic E-state index is 13.3. The molecule has 0 saturated carbocycles. The highest BCUT2D eigenvalue weighted by Crippen LogP contribution is 2.45. The fourth-order valence-electron chi connectivity index (χ4n) is 4.13. The van der Waals surface area contributed by atoms with E-state index in [0.29, 0.717) is 40.7 Å². The smallest absolute Gasteiger partial charge is 0.295 e. The molecule has 0 aromatic heterocycles.